The zero-order valence-corrected chi connectivity index (χ0v) is 13.7. The molecule has 1 aromatic rings. The first kappa shape index (κ1) is 16.2. The second-order valence-corrected chi connectivity index (χ2v) is 7.02. The fourth-order valence-corrected chi connectivity index (χ4v) is 2.40. The number of unbranched alkanes of at least 4 members (excludes halogenated alkanes) is 1. The van der Waals surface area contributed by atoms with Crippen molar-refractivity contribution in [2.45, 2.75) is 71.5 Å². The van der Waals surface area contributed by atoms with Gasteiger partial charge in [0.05, 0.1) is 6.20 Å². The lowest BCUT2D eigenvalue weighted by Crippen LogP contribution is -2.36. The van der Waals surface area contributed by atoms with Crippen LogP contribution in [0, 0.1) is 5.82 Å². The lowest BCUT2D eigenvalue weighted by molar-refractivity contribution is 0.423. The minimum atomic E-state index is -0.254. The molecule has 3 nitrogen and oxygen atoms in total. The molecule has 0 aliphatic heterocycles. The van der Waals surface area contributed by atoms with Gasteiger partial charge in [0.2, 0.25) is 0 Å². The van der Waals surface area contributed by atoms with E-state index in [1.54, 1.807) is 6.07 Å². The molecule has 0 unspecified atom stereocenters. The molecule has 0 saturated heterocycles. The van der Waals surface area contributed by atoms with Gasteiger partial charge in [-0.2, -0.15) is 0 Å². The molecule has 118 valence electrons. The smallest absolute Gasteiger partial charge is 0.141 e. The lowest BCUT2D eigenvalue weighted by atomic mass is 10.1. The molecule has 2 rings (SSSR count). The van der Waals surface area contributed by atoms with Gasteiger partial charge in [0.1, 0.15) is 11.6 Å². The van der Waals surface area contributed by atoms with Gasteiger partial charge >= 0.3 is 0 Å². The van der Waals surface area contributed by atoms with Crippen LogP contribution in [0.3, 0.4) is 0 Å². The van der Waals surface area contributed by atoms with E-state index in [1.165, 1.54) is 25.5 Å². The summed E-state index contributed by atoms with van der Waals surface area (Å²) in [5, 5.41) is 3.44. The summed E-state index contributed by atoms with van der Waals surface area (Å²) < 4.78 is 13.6. The summed E-state index contributed by atoms with van der Waals surface area (Å²) in [6.07, 6.45) is 6.13. The normalized spacial score (nSPS) is 15.3. The van der Waals surface area contributed by atoms with E-state index in [9.17, 15) is 4.39 Å². The Morgan fingerprint density at radius 2 is 2.10 bits per heavy atom. The average molecular weight is 293 g/mol. The van der Waals surface area contributed by atoms with E-state index in [4.69, 9.17) is 0 Å². The summed E-state index contributed by atoms with van der Waals surface area (Å²) in [4.78, 5) is 6.78. The van der Waals surface area contributed by atoms with Gasteiger partial charge in [0.15, 0.2) is 0 Å². The van der Waals surface area contributed by atoms with Crippen molar-refractivity contribution >= 4 is 5.82 Å². The van der Waals surface area contributed by atoms with Crippen LogP contribution in [0.4, 0.5) is 10.2 Å². The highest BCUT2D eigenvalue weighted by atomic mass is 19.1. The molecule has 0 aromatic carbocycles. The van der Waals surface area contributed by atoms with Gasteiger partial charge < -0.3 is 10.2 Å². The van der Waals surface area contributed by atoms with Crippen molar-refractivity contribution in [2.24, 2.45) is 0 Å². The number of halogens is 1. The maximum absolute atomic E-state index is 13.6. The van der Waals surface area contributed by atoms with Gasteiger partial charge in [0, 0.05) is 30.2 Å². The van der Waals surface area contributed by atoms with Crippen molar-refractivity contribution in [1.29, 1.82) is 0 Å². The van der Waals surface area contributed by atoms with Crippen LogP contribution >= 0.6 is 0 Å². The fourth-order valence-electron chi connectivity index (χ4n) is 2.40. The van der Waals surface area contributed by atoms with Crippen LogP contribution in [0.5, 0.6) is 0 Å². The largest absolute Gasteiger partial charge is 0.353 e. The number of nitrogens with one attached hydrogen (secondary N) is 1. The van der Waals surface area contributed by atoms with Gasteiger partial charge in [-0.3, -0.25) is 0 Å². The predicted octanol–water partition coefficient (Wildman–Crippen LogP) is 3.88. The number of nitrogens with zero attached hydrogens (tertiary/aromatic N) is 2. The van der Waals surface area contributed by atoms with Crippen molar-refractivity contribution < 1.29 is 4.39 Å². The highest BCUT2D eigenvalue weighted by Crippen LogP contribution is 2.33. The second kappa shape index (κ2) is 6.73. The highest BCUT2D eigenvalue weighted by molar-refractivity contribution is 5.49. The van der Waals surface area contributed by atoms with E-state index in [1.807, 2.05) is 0 Å². The van der Waals surface area contributed by atoms with E-state index in [0.29, 0.717) is 12.6 Å². The quantitative estimate of drug-likeness (QED) is 0.827. The summed E-state index contributed by atoms with van der Waals surface area (Å²) in [5.41, 5.74) is 0.977. The maximum atomic E-state index is 13.6. The molecule has 0 radical (unpaired) electrons. The Bertz CT molecular complexity index is 464. The topological polar surface area (TPSA) is 28.2 Å². The molecular formula is C17H28FN3. The Labute approximate surface area is 127 Å². The standard InChI is InChI=1S/C17H28FN3/c1-5-6-9-21(15-7-8-15)16-13(10-14(18)12-19-16)11-20-17(2,3)4/h10,12,15,20H,5-9,11H2,1-4H3. The van der Waals surface area contributed by atoms with Crippen LogP contribution in [0.25, 0.3) is 0 Å². The number of aromatic nitrogens is 1. The molecule has 1 saturated carbocycles. The molecule has 0 atom stereocenters. The summed E-state index contributed by atoms with van der Waals surface area (Å²) in [6.45, 7) is 10.2. The Balaban J connectivity index is 2.19. The Morgan fingerprint density at radius 1 is 1.38 bits per heavy atom. The molecule has 0 spiro atoms. The van der Waals surface area contributed by atoms with Crippen LogP contribution in [0.15, 0.2) is 12.3 Å². The number of hydrogen-bond acceptors (Lipinski definition) is 3. The number of pyridine rings is 1. The van der Waals surface area contributed by atoms with Gasteiger partial charge in [-0.05, 0) is 46.1 Å². The van der Waals surface area contributed by atoms with Crippen LogP contribution < -0.4 is 10.2 Å². The van der Waals surface area contributed by atoms with Crippen molar-refractivity contribution in [3.63, 3.8) is 0 Å². The average Bonchev–Trinajstić information content (AvgIpc) is 3.22. The molecular weight excluding hydrogens is 265 g/mol. The Hall–Kier alpha value is -1.16. The zero-order chi connectivity index (χ0) is 15.5. The summed E-state index contributed by atoms with van der Waals surface area (Å²) in [7, 11) is 0. The Kier molecular flexibility index (Phi) is 5.20. The van der Waals surface area contributed by atoms with Crippen molar-refractivity contribution in [3.8, 4) is 0 Å². The third-order valence-corrected chi connectivity index (χ3v) is 3.73. The van der Waals surface area contributed by atoms with E-state index >= 15 is 0 Å². The first-order valence-electron chi connectivity index (χ1n) is 8.07. The molecule has 1 aliphatic rings. The summed E-state index contributed by atoms with van der Waals surface area (Å²) in [5.74, 6) is 0.708. The van der Waals surface area contributed by atoms with Crippen molar-refractivity contribution in [1.82, 2.24) is 10.3 Å². The molecule has 0 bridgehead atoms. The first-order valence-corrected chi connectivity index (χ1v) is 8.07. The first-order chi connectivity index (χ1) is 9.90. The van der Waals surface area contributed by atoms with Gasteiger partial charge in [-0.15, -0.1) is 0 Å². The van der Waals surface area contributed by atoms with Crippen LogP contribution in [0.1, 0.15) is 58.9 Å². The van der Waals surface area contributed by atoms with Crippen LogP contribution in [-0.2, 0) is 6.54 Å². The van der Waals surface area contributed by atoms with Crippen molar-refractivity contribution in [2.75, 3.05) is 11.4 Å². The van der Waals surface area contributed by atoms with Gasteiger partial charge in [0.25, 0.3) is 0 Å². The van der Waals surface area contributed by atoms with E-state index in [-0.39, 0.29) is 11.4 Å². The molecule has 1 fully saturated rings. The second-order valence-electron chi connectivity index (χ2n) is 7.02. The SMILES string of the molecule is CCCCN(c1ncc(F)cc1CNC(C)(C)C)C1CC1. The minimum Gasteiger partial charge on any atom is -0.353 e. The lowest BCUT2D eigenvalue weighted by Gasteiger charge is -2.27. The van der Waals surface area contributed by atoms with E-state index in [2.05, 4.69) is 42.9 Å². The highest BCUT2D eigenvalue weighted by Gasteiger charge is 2.31. The number of hydrogen-bond donors (Lipinski definition) is 1. The summed E-state index contributed by atoms with van der Waals surface area (Å²) >= 11 is 0. The Morgan fingerprint density at radius 3 is 2.67 bits per heavy atom. The molecule has 1 N–H and O–H groups in total. The molecule has 1 aliphatic carbocycles. The van der Waals surface area contributed by atoms with Gasteiger partial charge in [-0.1, -0.05) is 13.3 Å². The van der Waals surface area contributed by atoms with Crippen LogP contribution in [-0.4, -0.2) is 23.1 Å². The number of rotatable bonds is 7. The van der Waals surface area contributed by atoms with E-state index in [0.717, 1.165) is 24.3 Å². The monoisotopic (exact) mass is 293 g/mol. The molecule has 1 heterocycles. The third kappa shape index (κ3) is 4.95. The molecule has 1 aromatic heterocycles. The molecule has 0 amide bonds. The van der Waals surface area contributed by atoms with Crippen molar-refractivity contribution in [3.05, 3.63) is 23.6 Å². The summed E-state index contributed by atoms with van der Waals surface area (Å²) in [6, 6.07) is 2.23. The zero-order valence-electron chi connectivity index (χ0n) is 13.7. The molecule has 4 heteroatoms. The van der Waals surface area contributed by atoms with E-state index < -0.39 is 0 Å². The van der Waals surface area contributed by atoms with Crippen LogP contribution in [0.2, 0.25) is 0 Å². The third-order valence-electron chi connectivity index (χ3n) is 3.73. The van der Waals surface area contributed by atoms with Gasteiger partial charge in [-0.25, -0.2) is 9.37 Å². The number of anilines is 1. The predicted molar refractivity (Wildman–Crippen MR) is 86.1 cm³/mol. The molecule has 21 heavy (non-hydrogen) atoms. The fraction of sp³-hybridized carbons (Fsp3) is 0.706. The minimum absolute atomic E-state index is 0.0113. The maximum Gasteiger partial charge on any atom is 0.141 e.